The topological polar surface area (TPSA) is 47.0 Å². The van der Waals surface area contributed by atoms with Crippen molar-refractivity contribution in [2.45, 2.75) is 18.3 Å². The van der Waals surface area contributed by atoms with E-state index in [9.17, 15) is 21.6 Å². The molecule has 0 fully saturated rings. The fraction of sp³-hybridized carbons (Fsp3) is 0.444. The number of halogens is 4. The molecule has 1 rings (SSSR count). The molecule has 1 aromatic rings. The minimum Gasteiger partial charge on any atom is -0.258 e. The van der Waals surface area contributed by atoms with Crippen LogP contribution in [0.15, 0.2) is 16.7 Å². The van der Waals surface area contributed by atoms with Crippen LogP contribution in [0.3, 0.4) is 0 Å². The molecule has 0 radical (unpaired) electrons. The minimum atomic E-state index is -4.63. The summed E-state index contributed by atoms with van der Waals surface area (Å²) in [6.45, 7) is 1.18. The Bertz CT molecular complexity index is 528. The Morgan fingerprint density at radius 3 is 2.35 bits per heavy atom. The summed E-state index contributed by atoms with van der Waals surface area (Å²) >= 11 is 2.88. The van der Waals surface area contributed by atoms with Crippen molar-refractivity contribution in [3.63, 3.8) is 0 Å². The molecule has 0 aliphatic rings. The number of aromatic nitrogens is 1. The predicted molar refractivity (Wildman–Crippen MR) is 60.2 cm³/mol. The zero-order valence-corrected chi connectivity index (χ0v) is 11.3. The van der Waals surface area contributed by atoms with Crippen molar-refractivity contribution in [1.29, 1.82) is 0 Å². The highest BCUT2D eigenvalue weighted by molar-refractivity contribution is 9.10. The van der Waals surface area contributed by atoms with Gasteiger partial charge in [0.25, 0.3) is 0 Å². The molecule has 0 aliphatic carbocycles. The molecular formula is C9H9BrF3NO2S. The summed E-state index contributed by atoms with van der Waals surface area (Å²) in [5.41, 5.74) is -1.52. The molecule has 0 saturated carbocycles. The quantitative estimate of drug-likeness (QED) is 0.837. The molecule has 1 heterocycles. The molecule has 96 valence electrons. The molecule has 0 aliphatic heterocycles. The van der Waals surface area contributed by atoms with Crippen LogP contribution < -0.4 is 0 Å². The van der Waals surface area contributed by atoms with Gasteiger partial charge in [-0.05, 0) is 28.9 Å². The van der Waals surface area contributed by atoms with Crippen molar-refractivity contribution in [3.05, 3.63) is 28.0 Å². The SMILES string of the molecule is CC(c1ncc(Br)cc1C(F)(F)F)S(C)(=O)=O. The highest BCUT2D eigenvalue weighted by Gasteiger charge is 2.37. The van der Waals surface area contributed by atoms with E-state index in [1.165, 1.54) is 6.92 Å². The number of alkyl halides is 3. The summed E-state index contributed by atoms with van der Waals surface area (Å²) < 4.78 is 60.9. The van der Waals surface area contributed by atoms with E-state index >= 15 is 0 Å². The van der Waals surface area contributed by atoms with Gasteiger partial charge in [0.1, 0.15) is 5.25 Å². The first kappa shape index (κ1) is 14.4. The summed E-state index contributed by atoms with van der Waals surface area (Å²) in [6, 6.07) is 0.823. The fourth-order valence-electron chi connectivity index (χ4n) is 1.20. The molecule has 1 atom stereocenters. The van der Waals surface area contributed by atoms with E-state index in [0.717, 1.165) is 18.5 Å². The van der Waals surface area contributed by atoms with E-state index in [1.807, 2.05) is 0 Å². The maximum atomic E-state index is 12.7. The van der Waals surface area contributed by atoms with Gasteiger partial charge in [-0.1, -0.05) is 0 Å². The monoisotopic (exact) mass is 331 g/mol. The first-order chi connectivity index (χ1) is 7.53. The van der Waals surface area contributed by atoms with Crippen molar-refractivity contribution < 1.29 is 21.6 Å². The lowest BCUT2D eigenvalue weighted by atomic mass is 10.1. The molecule has 17 heavy (non-hydrogen) atoms. The Hall–Kier alpha value is -0.630. The van der Waals surface area contributed by atoms with Gasteiger partial charge >= 0.3 is 6.18 Å². The van der Waals surface area contributed by atoms with Crippen LogP contribution >= 0.6 is 15.9 Å². The second-order valence-corrected chi connectivity index (χ2v) is 6.84. The molecule has 0 saturated heterocycles. The Labute approximate surface area is 105 Å². The average Bonchev–Trinajstić information content (AvgIpc) is 2.14. The Morgan fingerprint density at radius 2 is 1.94 bits per heavy atom. The van der Waals surface area contributed by atoms with Crippen LogP contribution in [0.4, 0.5) is 13.2 Å². The fourth-order valence-corrected chi connectivity index (χ4v) is 2.13. The smallest absolute Gasteiger partial charge is 0.258 e. The number of rotatable bonds is 2. The molecule has 8 heteroatoms. The zero-order chi connectivity index (χ0) is 13.4. The van der Waals surface area contributed by atoms with Crippen molar-refractivity contribution >= 4 is 25.8 Å². The maximum absolute atomic E-state index is 12.7. The molecular weight excluding hydrogens is 323 g/mol. The van der Waals surface area contributed by atoms with Crippen LogP contribution in [0.5, 0.6) is 0 Å². The van der Waals surface area contributed by atoms with Gasteiger partial charge in [-0.25, -0.2) is 8.42 Å². The van der Waals surface area contributed by atoms with E-state index < -0.39 is 32.5 Å². The molecule has 0 N–H and O–H groups in total. The predicted octanol–water partition coefficient (Wildman–Crippen LogP) is 2.97. The van der Waals surface area contributed by atoms with Crippen LogP contribution in [-0.4, -0.2) is 19.7 Å². The minimum absolute atomic E-state index is 0.147. The highest BCUT2D eigenvalue weighted by atomic mass is 79.9. The summed E-state index contributed by atoms with van der Waals surface area (Å²) in [5.74, 6) is 0. The summed E-state index contributed by atoms with van der Waals surface area (Å²) in [5, 5.41) is -1.30. The second-order valence-electron chi connectivity index (χ2n) is 3.56. The molecule has 3 nitrogen and oxygen atoms in total. The van der Waals surface area contributed by atoms with E-state index in [2.05, 4.69) is 20.9 Å². The van der Waals surface area contributed by atoms with Crippen LogP contribution in [0, 0.1) is 0 Å². The van der Waals surface area contributed by atoms with Gasteiger partial charge < -0.3 is 0 Å². The molecule has 0 spiro atoms. The standard InChI is InChI=1S/C9H9BrF3NO2S/c1-5(17(2,15)16)8-7(9(11,12)13)3-6(10)4-14-8/h3-5H,1-2H3. The summed E-state index contributed by atoms with van der Waals surface area (Å²) in [4.78, 5) is 3.57. The van der Waals surface area contributed by atoms with Gasteiger partial charge in [-0.3, -0.25) is 4.98 Å². The second kappa shape index (κ2) is 4.56. The number of sulfone groups is 1. The van der Waals surface area contributed by atoms with E-state index in [-0.39, 0.29) is 4.47 Å². The Morgan fingerprint density at radius 1 is 1.41 bits per heavy atom. The lowest BCUT2D eigenvalue weighted by molar-refractivity contribution is -0.138. The molecule has 1 aromatic heterocycles. The normalized spacial score (nSPS) is 14.7. The van der Waals surface area contributed by atoms with Crippen molar-refractivity contribution in [1.82, 2.24) is 4.98 Å². The molecule has 0 amide bonds. The molecule has 1 unspecified atom stereocenters. The van der Waals surface area contributed by atoms with Crippen LogP contribution in [0.1, 0.15) is 23.4 Å². The van der Waals surface area contributed by atoms with Gasteiger partial charge in [0, 0.05) is 16.9 Å². The van der Waals surface area contributed by atoms with E-state index in [4.69, 9.17) is 0 Å². The number of hydrogen-bond acceptors (Lipinski definition) is 3. The van der Waals surface area contributed by atoms with Crippen LogP contribution in [-0.2, 0) is 16.0 Å². The maximum Gasteiger partial charge on any atom is 0.418 e. The Balaban J connectivity index is 3.45. The first-order valence-corrected chi connectivity index (χ1v) is 7.19. The lowest BCUT2D eigenvalue weighted by Crippen LogP contribution is -2.17. The molecule has 0 bridgehead atoms. The third-order valence-electron chi connectivity index (χ3n) is 2.22. The van der Waals surface area contributed by atoms with Gasteiger partial charge in [0.2, 0.25) is 0 Å². The van der Waals surface area contributed by atoms with Gasteiger partial charge in [0.05, 0.1) is 11.3 Å². The lowest BCUT2D eigenvalue weighted by Gasteiger charge is -2.16. The van der Waals surface area contributed by atoms with Gasteiger partial charge in [-0.2, -0.15) is 13.2 Å². The van der Waals surface area contributed by atoms with E-state index in [1.54, 1.807) is 0 Å². The number of nitrogens with zero attached hydrogens (tertiary/aromatic N) is 1. The van der Waals surface area contributed by atoms with Gasteiger partial charge in [-0.15, -0.1) is 0 Å². The highest BCUT2D eigenvalue weighted by Crippen LogP contribution is 2.36. The van der Waals surface area contributed by atoms with Crippen LogP contribution in [0.25, 0.3) is 0 Å². The summed E-state index contributed by atoms with van der Waals surface area (Å²) in [6.07, 6.45) is -2.61. The zero-order valence-electron chi connectivity index (χ0n) is 8.92. The number of hydrogen-bond donors (Lipinski definition) is 0. The molecule has 0 aromatic carbocycles. The van der Waals surface area contributed by atoms with Gasteiger partial charge in [0.15, 0.2) is 9.84 Å². The first-order valence-electron chi connectivity index (χ1n) is 4.45. The van der Waals surface area contributed by atoms with Crippen molar-refractivity contribution in [2.75, 3.05) is 6.26 Å². The van der Waals surface area contributed by atoms with Crippen molar-refractivity contribution in [2.24, 2.45) is 0 Å². The van der Waals surface area contributed by atoms with E-state index in [0.29, 0.717) is 0 Å². The third-order valence-corrected chi connectivity index (χ3v) is 4.16. The van der Waals surface area contributed by atoms with Crippen LogP contribution in [0.2, 0.25) is 0 Å². The average molecular weight is 332 g/mol. The third kappa shape index (κ3) is 3.41. The van der Waals surface area contributed by atoms with Crippen molar-refractivity contribution in [3.8, 4) is 0 Å². The number of pyridine rings is 1. The summed E-state index contributed by atoms with van der Waals surface area (Å²) in [7, 11) is -3.63. The largest absolute Gasteiger partial charge is 0.418 e. The Kier molecular flexibility index (Phi) is 3.87.